The topological polar surface area (TPSA) is 105 Å². The molecule has 0 saturated heterocycles. The zero-order valence-electron chi connectivity index (χ0n) is 16.5. The summed E-state index contributed by atoms with van der Waals surface area (Å²) in [7, 11) is 0. The Morgan fingerprint density at radius 1 is 1.03 bits per heavy atom. The average Bonchev–Trinajstić information content (AvgIpc) is 2.78. The molecule has 1 amide bonds. The Hall–Kier alpha value is -4.04. The van der Waals surface area contributed by atoms with E-state index in [1.807, 2.05) is 6.07 Å². The molecule has 0 heterocycles. The number of amides is 1. The van der Waals surface area contributed by atoms with Crippen molar-refractivity contribution < 1.29 is 14.8 Å². The Morgan fingerprint density at radius 2 is 1.84 bits per heavy atom. The van der Waals surface area contributed by atoms with Crippen molar-refractivity contribution in [2.45, 2.75) is 0 Å². The summed E-state index contributed by atoms with van der Waals surface area (Å²) < 4.78 is 0.809. The normalized spacial score (nSPS) is 11.0. The van der Waals surface area contributed by atoms with Gasteiger partial charge in [0.05, 0.1) is 10.6 Å². The minimum atomic E-state index is -0.464. The summed E-state index contributed by atoms with van der Waals surface area (Å²) in [5.41, 5.74) is 2.07. The van der Waals surface area contributed by atoms with E-state index < -0.39 is 4.92 Å². The number of benzene rings is 4. The van der Waals surface area contributed by atoms with Crippen LogP contribution in [0.25, 0.3) is 10.8 Å². The molecule has 0 aliphatic rings. The number of nitrogens with one attached hydrogen (secondary N) is 1. The number of hydrogen-bond acceptors (Lipinski definition) is 5. The molecule has 0 unspecified atom stereocenters. The number of carbonyl (C=O) groups is 1. The lowest BCUT2D eigenvalue weighted by atomic mass is 10.0. The second-order valence-corrected chi connectivity index (χ2v) is 7.85. The van der Waals surface area contributed by atoms with Crippen molar-refractivity contribution in [2.24, 2.45) is 4.99 Å². The van der Waals surface area contributed by atoms with E-state index in [2.05, 4.69) is 26.2 Å². The summed E-state index contributed by atoms with van der Waals surface area (Å²) >= 11 is 3.35. The van der Waals surface area contributed by atoms with Crippen LogP contribution in [-0.4, -0.2) is 22.2 Å². The predicted octanol–water partition coefficient (Wildman–Crippen LogP) is 6.22. The highest BCUT2D eigenvalue weighted by Gasteiger charge is 2.11. The first-order valence-corrected chi connectivity index (χ1v) is 10.3. The second kappa shape index (κ2) is 8.99. The van der Waals surface area contributed by atoms with Gasteiger partial charge in [-0.2, -0.15) is 0 Å². The number of nitro benzene ring substituents is 1. The van der Waals surface area contributed by atoms with E-state index in [9.17, 15) is 20.0 Å². The van der Waals surface area contributed by atoms with Crippen LogP contribution in [0.5, 0.6) is 5.75 Å². The maximum absolute atomic E-state index is 12.5. The summed E-state index contributed by atoms with van der Waals surface area (Å²) in [4.78, 5) is 27.5. The minimum Gasteiger partial charge on any atom is -0.507 e. The summed E-state index contributed by atoms with van der Waals surface area (Å²) in [6.45, 7) is 0. The first-order chi connectivity index (χ1) is 15.4. The van der Waals surface area contributed by atoms with Crippen molar-refractivity contribution >= 4 is 55.9 Å². The number of halogens is 1. The lowest BCUT2D eigenvalue weighted by molar-refractivity contribution is -0.384. The van der Waals surface area contributed by atoms with Gasteiger partial charge in [0.1, 0.15) is 5.75 Å². The molecule has 0 radical (unpaired) electrons. The molecule has 0 fully saturated rings. The first-order valence-electron chi connectivity index (χ1n) is 9.52. The lowest BCUT2D eigenvalue weighted by Crippen LogP contribution is -2.11. The van der Waals surface area contributed by atoms with Gasteiger partial charge in [-0.3, -0.25) is 19.9 Å². The van der Waals surface area contributed by atoms with Gasteiger partial charge in [0.15, 0.2) is 0 Å². The van der Waals surface area contributed by atoms with Gasteiger partial charge < -0.3 is 10.4 Å². The Bertz CT molecular complexity index is 1390. The molecule has 8 heteroatoms. The second-order valence-electron chi connectivity index (χ2n) is 6.93. The van der Waals surface area contributed by atoms with Crippen LogP contribution in [0.3, 0.4) is 0 Å². The summed E-state index contributed by atoms with van der Waals surface area (Å²) in [5, 5.41) is 25.4. The zero-order valence-corrected chi connectivity index (χ0v) is 18.1. The molecule has 32 heavy (non-hydrogen) atoms. The van der Waals surface area contributed by atoms with Crippen LogP contribution < -0.4 is 5.32 Å². The van der Waals surface area contributed by atoms with Crippen LogP contribution in [0.4, 0.5) is 17.1 Å². The average molecular weight is 490 g/mol. The van der Waals surface area contributed by atoms with Gasteiger partial charge in [0, 0.05) is 39.6 Å². The van der Waals surface area contributed by atoms with Gasteiger partial charge in [-0.05, 0) is 59.3 Å². The van der Waals surface area contributed by atoms with Crippen molar-refractivity contribution in [3.63, 3.8) is 0 Å². The van der Waals surface area contributed by atoms with Crippen LogP contribution in [0.1, 0.15) is 15.9 Å². The largest absolute Gasteiger partial charge is 0.507 e. The van der Waals surface area contributed by atoms with Crippen molar-refractivity contribution in [1.29, 1.82) is 0 Å². The van der Waals surface area contributed by atoms with Gasteiger partial charge >= 0.3 is 0 Å². The van der Waals surface area contributed by atoms with Gasteiger partial charge in [0.25, 0.3) is 11.6 Å². The molecular formula is C24H16BrN3O4. The zero-order chi connectivity index (χ0) is 22.7. The summed E-state index contributed by atoms with van der Waals surface area (Å²) in [6, 6.07) is 21.6. The highest BCUT2D eigenvalue weighted by Crippen LogP contribution is 2.29. The van der Waals surface area contributed by atoms with Gasteiger partial charge in [-0.1, -0.05) is 34.1 Å². The fourth-order valence-corrected chi connectivity index (χ4v) is 3.61. The first kappa shape index (κ1) is 21.2. The van der Waals surface area contributed by atoms with E-state index in [1.54, 1.807) is 54.6 Å². The van der Waals surface area contributed by atoms with Crippen molar-refractivity contribution in [2.75, 3.05) is 5.32 Å². The van der Waals surface area contributed by atoms with Gasteiger partial charge in [0.2, 0.25) is 0 Å². The molecule has 158 valence electrons. The fourth-order valence-electron chi connectivity index (χ4n) is 3.22. The number of aliphatic imine (C=N–C) groups is 1. The quantitative estimate of drug-likeness (QED) is 0.197. The fraction of sp³-hybridized carbons (Fsp3) is 0. The number of non-ortho nitro benzene ring substituents is 1. The maximum atomic E-state index is 12.5. The Kier molecular flexibility index (Phi) is 5.96. The number of anilines is 1. The predicted molar refractivity (Wildman–Crippen MR) is 128 cm³/mol. The van der Waals surface area contributed by atoms with Gasteiger partial charge in [-0.25, -0.2) is 0 Å². The number of nitrogens with zero attached hydrogens (tertiary/aromatic N) is 2. The highest BCUT2D eigenvalue weighted by molar-refractivity contribution is 9.10. The number of aromatic hydroxyl groups is 1. The molecule has 7 nitrogen and oxygen atoms in total. The smallest absolute Gasteiger partial charge is 0.270 e. The minimum absolute atomic E-state index is 0.00853. The monoisotopic (exact) mass is 489 g/mol. The van der Waals surface area contributed by atoms with Crippen molar-refractivity contribution in [3.8, 4) is 5.75 Å². The Balaban J connectivity index is 1.60. The van der Waals surface area contributed by atoms with E-state index in [1.165, 1.54) is 24.4 Å². The van der Waals surface area contributed by atoms with Crippen LogP contribution in [-0.2, 0) is 0 Å². The third-order valence-electron chi connectivity index (χ3n) is 4.77. The van der Waals surface area contributed by atoms with Crippen LogP contribution in [0.2, 0.25) is 0 Å². The van der Waals surface area contributed by atoms with E-state index in [-0.39, 0.29) is 17.3 Å². The van der Waals surface area contributed by atoms with Gasteiger partial charge in [-0.15, -0.1) is 0 Å². The molecule has 0 spiro atoms. The van der Waals surface area contributed by atoms with E-state index in [0.717, 1.165) is 4.47 Å². The number of phenols is 1. The van der Waals surface area contributed by atoms with Crippen LogP contribution in [0.15, 0.2) is 88.3 Å². The molecule has 4 aromatic carbocycles. The molecule has 0 aliphatic carbocycles. The van der Waals surface area contributed by atoms with E-state index in [4.69, 9.17) is 0 Å². The molecule has 0 saturated carbocycles. The van der Waals surface area contributed by atoms with Crippen molar-refractivity contribution in [3.05, 3.63) is 105 Å². The molecule has 0 aromatic heterocycles. The molecule has 4 aromatic rings. The molecule has 0 bridgehead atoms. The number of hydrogen-bond donors (Lipinski definition) is 2. The standard InChI is InChI=1S/C24H16BrN3O4/c25-17-4-1-3-16(11-17)24(30)27-19-6-2-5-18(13-19)26-14-22-21-9-8-20(28(31)32)12-15(21)7-10-23(22)29/h1-14,29H,(H,27,30). The van der Waals surface area contributed by atoms with Crippen LogP contribution in [0, 0.1) is 10.1 Å². The summed E-state index contributed by atoms with van der Waals surface area (Å²) in [6.07, 6.45) is 1.50. The number of fused-ring (bicyclic) bond motifs is 1. The Labute approximate surface area is 191 Å². The highest BCUT2D eigenvalue weighted by atomic mass is 79.9. The maximum Gasteiger partial charge on any atom is 0.270 e. The molecule has 0 atom stereocenters. The third-order valence-corrected chi connectivity index (χ3v) is 5.26. The lowest BCUT2D eigenvalue weighted by Gasteiger charge is -2.07. The molecular weight excluding hydrogens is 474 g/mol. The molecule has 0 aliphatic heterocycles. The van der Waals surface area contributed by atoms with Crippen molar-refractivity contribution in [1.82, 2.24) is 0 Å². The molecule has 2 N–H and O–H groups in total. The van der Waals surface area contributed by atoms with E-state index in [0.29, 0.717) is 33.3 Å². The SMILES string of the molecule is O=C(Nc1cccc(N=Cc2c(O)ccc3cc([N+](=O)[O-])ccc23)c1)c1cccc(Br)c1. The summed E-state index contributed by atoms with van der Waals surface area (Å²) in [5.74, 6) is -0.241. The molecule has 4 rings (SSSR count). The van der Waals surface area contributed by atoms with Crippen LogP contribution >= 0.6 is 15.9 Å². The Morgan fingerprint density at radius 3 is 2.62 bits per heavy atom. The van der Waals surface area contributed by atoms with E-state index >= 15 is 0 Å². The number of carbonyl (C=O) groups excluding carboxylic acids is 1. The third kappa shape index (κ3) is 4.65. The number of phenolic OH excluding ortho intramolecular Hbond substituents is 1. The number of nitro groups is 1. The number of rotatable bonds is 5.